The van der Waals surface area contributed by atoms with E-state index in [1.807, 2.05) is 19.1 Å². The van der Waals surface area contributed by atoms with Gasteiger partial charge in [0.1, 0.15) is 5.75 Å². The Balaban J connectivity index is 1.46. The van der Waals surface area contributed by atoms with Gasteiger partial charge in [-0.3, -0.25) is 9.55 Å². The lowest BCUT2D eigenvalue weighted by molar-refractivity contribution is 0.338. The first-order chi connectivity index (χ1) is 11.8. The van der Waals surface area contributed by atoms with Crippen LogP contribution in [-0.2, 0) is 5.75 Å². The van der Waals surface area contributed by atoms with Crippen molar-refractivity contribution in [1.29, 1.82) is 0 Å². The van der Waals surface area contributed by atoms with Gasteiger partial charge in [-0.1, -0.05) is 11.8 Å². The smallest absolute Gasteiger partial charge is 0.228 e. The average molecular weight is 345 g/mol. The minimum Gasteiger partial charge on any atom is -0.492 e. The summed E-state index contributed by atoms with van der Waals surface area (Å²) in [5.41, 5.74) is 1.04. The maximum Gasteiger partial charge on any atom is 0.228 e. The highest BCUT2D eigenvalue weighted by Crippen LogP contribution is 2.41. The molecule has 2 aromatic rings. The number of anilines is 1. The molecule has 3 heterocycles. The van der Waals surface area contributed by atoms with Crippen LogP contribution in [0.2, 0.25) is 0 Å². The molecule has 2 aromatic heterocycles. The minimum absolute atomic E-state index is 0.589. The lowest BCUT2D eigenvalue weighted by atomic mass is 10.4. The largest absolute Gasteiger partial charge is 0.492 e. The van der Waals surface area contributed by atoms with Crippen LogP contribution in [0.4, 0.5) is 5.95 Å². The van der Waals surface area contributed by atoms with Crippen molar-refractivity contribution in [2.24, 2.45) is 0 Å². The van der Waals surface area contributed by atoms with Gasteiger partial charge in [0.2, 0.25) is 5.95 Å². The molecular weight excluding hydrogens is 322 g/mol. The van der Waals surface area contributed by atoms with E-state index in [1.54, 1.807) is 18.0 Å². The minimum atomic E-state index is 0.589. The summed E-state index contributed by atoms with van der Waals surface area (Å²) >= 11 is 1.73. The van der Waals surface area contributed by atoms with E-state index in [0.717, 1.165) is 41.4 Å². The van der Waals surface area contributed by atoms with Crippen LogP contribution < -0.4 is 9.64 Å². The highest BCUT2D eigenvalue weighted by Gasteiger charge is 2.32. The van der Waals surface area contributed by atoms with E-state index in [1.165, 1.54) is 25.7 Å². The number of rotatable bonds is 7. The molecule has 0 bridgehead atoms. The first-order valence-corrected chi connectivity index (χ1v) is 9.74. The standard InChI is InChI=1S/C17H23N5OS/c1-2-23-15-8-5-13(18-11-15)12-24-17-20-19-16(21-9-3-4-10-21)22(17)14-6-7-14/h5,8,11,14H,2-4,6-7,9-10,12H2,1H3. The Hall–Kier alpha value is -1.76. The number of hydrogen-bond donors (Lipinski definition) is 0. The van der Waals surface area contributed by atoms with E-state index < -0.39 is 0 Å². The second-order valence-electron chi connectivity index (χ2n) is 6.28. The fraction of sp³-hybridized carbons (Fsp3) is 0.588. The zero-order valence-electron chi connectivity index (χ0n) is 14.0. The van der Waals surface area contributed by atoms with Crippen molar-refractivity contribution in [3.05, 3.63) is 24.0 Å². The molecule has 0 amide bonds. The molecular formula is C17H23N5OS. The summed E-state index contributed by atoms with van der Waals surface area (Å²) in [6, 6.07) is 4.59. The van der Waals surface area contributed by atoms with E-state index in [9.17, 15) is 0 Å². The third-order valence-corrected chi connectivity index (χ3v) is 5.38. The summed E-state index contributed by atoms with van der Waals surface area (Å²) in [5.74, 6) is 2.69. The van der Waals surface area contributed by atoms with Gasteiger partial charge in [-0.2, -0.15) is 0 Å². The number of hydrogen-bond acceptors (Lipinski definition) is 6. The van der Waals surface area contributed by atoms with Gasteiger partial charge in [-0.05, 0) is 44.7 Å². The highest BCUT2D eigenvalue weighted by atomic mass is 32.2. The number of aromatic nitrogens is 4. The van der Waals surface area contributed by atoms with Crippen LogP contribution in [0.1, 0.15) is 44.3 Å². The van der Waals surface area contributed by atoms with E-state index in [4.69, 9.17) is 4.74 Å². The molecule has 6 nitrogen and oxygen atoms in total. The molecule has 0 atom stereocenters. The van der Waals surface area contributed by atoms with Crippen LogP contribution in [0.5, 0.6) is 5.75 Å². The Morgan fingerprint density at radius 2 is 2.04 bits per heavy atom. The maximum absolute atomic E-state index is 5.44. The highest BCUT2D eigenvalue weighted by molar-refractivity contribution is 7.98. The molecule has 1 aliphatic carbocycles. The molecule has 0 radical (unpaired) electrons. The van der Waals surface area contributed by atoms with Gasteiger partial charge in [0.05, 0.1) is 18.5 Å². The monoisotopic (exact) mass is 345 g/mol. The van der Waals surface area contributed by atoms with Crippen LogP contribution in [0.25, 0.3) is 0 Å². The van der Waals surface area contributed by atoms with E-state index >= 15 is 0 Å². The topological polar surface area (TPSA) is 56.1 Å². The predicted octanol–water partition coefficient (Wildman–Crippen LogP) is 3.30. The van der Waals surface area contributed by atoms with Crippen molar-refractivity contribution in [2.45, 2.75) is 49.6 Å². The number of thioether (sulfide) groups is 1. The van der Waals surface area contributed by atoms with Gasteiger partial charge < -0.3 is 9.64 Å². The molecule has 0 N–H and O–H groups in total. The van der Waals surface area contributed by atoms with Crippen LogP contribution in [-0.4, -0.2) is 39.4 Å². The summed E-state index contributed by atoms with van der Waals surface area (Å²) in [6.07, 6.45) is 6.80. The molecule has 4 rings (SSSR count). The van der Waals surface area contributed by atoms with Gasteiger partial charge in [0.15, 0.2) is 5.16 Å². The Bertz CT molecular complexity index is 677. The Morgan fingerprint density at radius 1 is 1.21 bits per heavy atom. The quantitative estimate of drug-likeness (QED) is 0.718. The van der Waals surface area contributed by atoms with Crippen molar-refractivity contribution in [3.63, 3.8) is 0 Å². The molecule has 0 spiro atoms. The van der Waals surface area contributed by atoms with Gasteiger partial charge in [-0.15, -0.1) is 10.2 Å². The second-order valence-corrected chi connectivity index (χ2v) is 7.23. The van der Waals surface area contributed by atoms with Crippen molar-refractivity contribution >= 4 is 17.7 Å². The molecule has 1 aliphatic heterocycles. The average Bonchev–Trinajstić information content (AvgIpc) is 3.13. The first kappa shape index (κ1) is 15.7. The molecule has 0 aromatic carbocycles. The van der Waals surface area contributed by atoms with Crippen LogP contribution in [0.15, 0.2) is 23.5 Å². The normalized spacial score (nSPS) is 17.5. The second kappa shape index (κ2) is 7.01. The molecule has 2 aliphatic rings. The zero-order valence-corrected chi connectivity index (χ0v) is 14.8. The number of pyridine rings is 1. The maximum atomic E-state index is 5.44. The molecule has 0 unspecified atom stereocenters. The van der Waals surface area contributed by atoms with E-state index in [-0.39, 0.29) is 0 Å². The van der Waals surface area contributed by atoms with Crippen molar-refractivity contribution in [2.75, 3.05) is 24.6 Å². The van der Waals surface area contributed by atoms with E-state index in [2.05, 4.69) is 24.6 Å². The van der Waals surface area contributed by atoms with Crippen molar-refractivity contribution in [1.82, 2.24) is 19.7 Å². The lowest BCUT2D eigenvalue weighted by Gasteiger charge is -2.17. The van der Waals surface area contributed by atoms with Crippen molar-refractivity contribution in [3.8, 4) is 5.75 Å². The summed E-state index contributed by atoms with van der Waals surface area (Å²) in [6.45, 7) is 4.86. The Labute approximate surface area is 146 Å². The lowest BCUT2D eigenvalue weighted by Crippen LogP contribution is -2.22. The molecule has 1 saturated heterocycles. The molecule has 24 heavy (non-hydrogen) atoms. The van der Waals surface area contributed by atoms with Gasteiger partial charge in [0.25, 0.3) is 0 Å². The number of nitrogens with zero attached hydrogens (tertiary/aromatic N) is 5. The third kappa shape index (κ3) is 3.36. The molecule has 1 saturated carbocycles. The van der Waals surface area contributed by atoms with Crippen molar-refractivity contribution < 1.29 is 4.74 Å². The van der Waals surface area contributed by atoms with Gasteiger partial charge >= 0.3 is 0 Å². The Kier molecular flexibility index (Phi) is 4.60. The Morgan fingerprint density at radius 3 is 2.71 bits per heavy atom. The number of ether oxygens (including phenoxy) is 1. The SMILES string of the molecule is CCOc1ccc(CSc2nnc(N3CCCC3)n2C2CC2)nc1. The van der Waals surface area contributed by atoms with Gasteiger partial charge in [-0.25, -0.2) is 0 Å². The predicted molar refractivity (Wildman–Crippen MR) is 94.7 cm³/mol. The van der Waals surface area contributed by atoms with Crippen LogP contribution in [0.3, 0.4) is 0 Å². The summed E-state index contributed by atoms with van der Waals surface area (Å²) in [4.78, 5) is 6.85. The van der Waals surface area contributed by atoms with E-state index in [0.29, 0.717) is 12.6 Å². The molecule has 2 fully saturated rings. The fourth-order valence-corrected chi connectivity index (χ4v) is 3.96. The summed E-state index contributed by atoms with van der Waals surface area (Å²) < 4.78 is 7.79. The zero-order chi connectivity index (χ0) is 16.4. The van der Waals surface area contributed by atoms with Gasteiger partial charge in [0, 0.05) is 24.9 Å². The van der Waals surface area contributed by atoms with Crippen LogP contribution >= 0.6 is 11.8 Å². The van der Waals surface area contributed by atoms with Crippen LogP contribution in [0, 0.1) is 0 Å². The summed E-state index contributed by atoms with van der Waals surface area (Å²) in [7, 11) is 0. The first-order valence-electron chi connectivity index (χ1n) is 8.75. The molecule has 128 valence electrons. The molecule has 7 heteroatoms. The third-order valence-electron chi connectivity index (χ3n) is 4.41. The fourth-order valence-electron chi connectivity index (χ4n) is 3.04. The summed E-state index contributed by atoms with van der Waals surface area (Å²) in [5, 5.41) is 9.98.